The maximum Gasteiger partial charge on any atom is 0.315 e. The van der Waals surface area contributed by atoms with Crippen molar-refractivity contribution in [1.29, 1.82) is 0 Å². The molecular weight excluding hydrogens is 537 g/mol. The Morgan fingerprint density at radius 1 is 1.07 bits per heavy atom. The summed E-state index contributed by atoms with van der Waals surface area (Å²) < 4.78 is 20.2. The number of H-pyrrole nitrogens is 1. The molecule has 2 amide bonds. The summed E-state index contributed by atoms with van der Waals surface area (Å²) >= 11 is 5.65. The van der Waals surface area contributed by atoms with E-state index in [1.807, 2.05) is 32.9 Å². The number of nitrogens with one attached hydrogen (secondary N) is 3. The topological polar surface area (TPSA) is 139 Å². The van der Waals surface area contributed by atoms with Gasteiger partial charge in [-0.3, -0.25) is 9.59 Å². The predicted molar refractivity (Wildman–Crippen MR) is 148 cm³/mol. The molecule has 0 unspecified atom stereocenters. The minimum absolute atomic E-state index is 0.0682. The van der Waals surface area contributed by atoms with Gasteiger partial charge in [0.05, 0.1) is 5.69 Å². The van der Waals surface area contributed by atoms with E-state index in [0.717, 1.165) is 0 Å². The summed E-state index contributed by atoms with van der Waals surface area (Å²) in [6, 6.07) is 13.6. The molecule has 0 radical (unpaired) electrons. The van der Waals surface area contributed by atoms with Crippen LogP contribution in [0.15, 0.2) is 59.3 Å². The van der Waals surface area contributed by atoms with Crippen molar-refractivity contribution in [1.82, 2.24) is 30.4 Å². The van der Waals surface area contributed by atoms with Crippen molar-refractivity contribution < 1.29 is 18.5 Å². The first-order valence-electron chi connectivity index (χ1n) is 12.3. The highest BCUT2D eigenvalue weighted by Gasteiger charge is 2.24. The molecule has 3 aromatic heterocycles. The second kappa shape index (κ2) is 10.9. The number of alkyl halides is 1. The summed E-state index contributed by atoms with van der Waals surface area (Å²) in [7, 11) is 0. The Kier molecular flexibility index (Phi) is 7.31. The van der Waals surface area contributed by atoms with Gasteiger partial charge >= 0.3 is 11.8 Å². The van der Waals surface area contributed by atoms with Crippen molar-refractivity contribution in [2.75, 3.05) is 11.2 Å². The van der Waals surface area contributed by atoms with Gasteiger partial charge in [0.2, 0.25) is 5.91 Å². The number of hydrogen-bond donors (Lipinski definition) is 3. The monoisotopic (exact) mass is 561 g/mol. The van der Waals surface area contributed by atoms with Crippen molar-refractivity contribution in [3.8, 4) is 22.5 Å². The number of carbonyl (C=O) groups is 2. The van der Waals surface area contributed by atoms with E-state index in [4.69, 9.17) is 21.1 Å². The van der Waals surface area contributed by atoms with Crippen LogP contribution < -0.4 is 10.6 Å². The fraction of sp³-hybridized carbons (Fsp3) is 0.214. The second-order valence-electron chi connectivity index (χ2n) is 10.0. The largest absolute Gasteiger partial charge is 0.344 e. The number of nitrogens with zero attached hydrogens (tertiary/aromatic N) is 4. The highest BCUT2D eigenvalue weighted by Crippen LogP contribution is 2.32. The van der Waals surface area contributed by atoms with Gasteiger partial charge in [0.1, 0.15) is 23.0 Å². The van der Waals surface area contributed by atoms with E-state index in [9.17, 15) is 9.59 Å². The lowest BCUT2D eigenvalue weighted by Crippen LogP contribution is -2.24. The van der Waals surface area contributed by atoms with E-state index in [1.54, 1.807) is 36.5 Å². The van der Waals surface area contributed by atoms with Crippen LogP contribution in [0.25, 0.3) is 33.7 Å². The Morgan fingerprint density at radius 2 is 1.88 bits per heavy atom. The molecule has 3 heterocycles. The summed E-state index contributed by atoms with van der Waals surface area (Å²) in [6.45, 7) is 5.64. The molecule has 0 aliphatic carbocycles. The number of imidazole rings is 1. The lowest BCUT2D eigenvalue weighted by atomic mass is 9.96. The maximum absolute atomic E-state index is 15.1. The third kappa shape index (κ3) is 5.55. The molecule has 0 bridgehead atoms. The Morgan fingerprint density at radius 3 is 2.60 bits per heavy atom. The number of rotatable bonds is 7. The SMILES string of the molecule is CC(C)(C)c1noc(C(=O)NCc2ccc(-c3ccnc4[nH]c(-c5ccccc5NC(=O)CCl)nc34)cc2F)n1. The quantitative estimate of drug-likeness (QED) is 0.231. The first-order valence-corrected chi connectivity index (χ1v) is 12.9. The van der Waals surface area contributed by atoms with Crippen molar-refractivity contribution in [3.63, 3.8) is 0 Å². The highest BCUT2D eigenvalue weighted by molar-refractivity contribution is 6.29. The van der Waals surface area contributed by atoms with E-state index in [1.165, 1.54) is 6.07 Å². The molecule has 0 aliphatic heterocycles. The Hall–Kier alpha value is -4.64. The summed E-state index contributed by atoms with van der Waals surface area (Å²) in [5, 5.41) is 9.21. The summed E-state index contributed by atoms with van der Waals surface area (Å²) in [5.41, 5.74) is 3.36. The van der Waals surface area contributed by atoms with Crippen LogP contribution in [0.4, 0.5) is 10.1 Å². The fourth-order valence-corrected chi connectivity index (χ4v) is 4.05. The Labute approximate surface area is 233 Å². The van der Waals surface area contributed by atoms with Crippen LogP contribution in [0.3, 0.4) is 0 Å². The molecule has 12 heteroatoms. The molecule has 204 valence electrons. The van der Waals surface area contributed by atoms with Gasteiger partial charge in [0, 0.05) is 34.8 Å². The average molecular weight is 562 g/mol. The van der Waals surface area contributed by atoms with Crippen LogP contribution in [0.1, 0.15) is 42.8 Å². The molecule has 3 N–H and O–H groups in total. The van der Waals surface area contributed by atoms with Gasteiger partial charge in [-0.05, 0) is 29.8 Å². The van der Waals surface area contributed by atoms with E-state index < -0.39 is 11.7 Å². The van der Waals surface area contributed by atoms with Crippen LogP contribution >= 0.6 is 11.6 Å². The lowest BCUT2D eigenvalue weighted by Gasteiger charge is -2.10. The van der Waals surface area contributed by atoms with Crippen molar-refractivity contribution in [3.05, 3.63) is 77.8 Å². The third-order valence-electron chi connectivity index (χ3n) is 6.06. The standard InChI is InChI=1S/C28H25ClFN7O3/c1-28(2,3)27-36-26(40-37-27)25(39)32-14-16-9-8-15(12-19(16)30)17-10-11-31-24-22(17)34-23(35-24)18-6-4-5-7-20(18)33-21(38)13-29/h4-12H,13-14H2,1-3H3,(H,32,39)(H,33,38)(H,31,34,35). The first-order chi connectivity index (χ1) is 19.1. The number of pyridine rings is 1. The molecule has 0 fully saturated rings. The maximum atomic E-state index is 15.1. The molecule has 0 saturated heterocycles. The molecule has 5 aromatic rings. The zero-order valence-corrected chi connectivity index (χ0v) is 22.6. The van der Waals surface area contributed by atoms with Gasteiger partial charge in [-0.25, -0.2) is 14.4 Å². The van der Waals surface area contributed by atoms with Crippen molar-refractivity contribution >= 4 is 40.3 Å². The van der Waals surface area contributed by atoms with Crippen LogP contribution in [0.2, 0.25) is 0 Å². The lowest BCUT2D eigenvalue weighted by molar-refractivity contribution is -0.113. The number of halogens is 2. The minimum atomic E-state index is -0.589. The van der Waals surface area contributed by atoms with Crippen LogP contribution in [0.5, 0.6) is 0 Å². The Balaban J connectivity index is 1.38. The number of para-hydroxylation sites is 1. The van der Waals surface area contributed by atoms with Crippen LogP contribution in [-0.2, 0) is 16.8 Å². The first kappa shape index (κ1) is 26.9. The number of fused-ring (bicyclic) bond motifs is 1. The van der Waals surface area contributed by atoms with Gasteiger partial charge in [-0.2, -0.15) is 4.98 Å². The fourth-order valence-electron chi connectivity index (χ4n) is 3.98. The summed E-state index contributed by atoms with van der Waals surface area (Å²) in [6.07, 6.45) is 1.60. The number of hydrogen-bond acceptors (Lipinski definition) is 7. The third-order valence-corrected chi connectivity index (χ3v) is 6.30. The molecule has 0 atom stereocenters. The molecule has 2 aromatic carbocycles. The van der Waals surface area contributed by atoms with Gasteiger partial charge in [-0.1, -0.05) is 50.2 Å². The second-order valence-corrected chi connectivity index (χ2v) is 10.3. The summed E-state index contributed by atoms with van der Waals surface area (Å²) in [4.78, 5) is 40.7. The molecule has 0 aliphatic rings. The molecule has 40 heavy (non-hydrogen) atoms. The number of anilines is 1. The number of carbonyl (C=O) groups excluding carboxylic acids is 2. The smallest absolute Gasteiger partial charge is 0.315 e. The van der Waals surface area contributed by atoms with Gasteiger partial charge in [0.25, 0.3) is 0 Å². The zero-order chi connectivity index (χ0) is 28.4. The van der Waals surface area contributed by atoms with E-state index in [2.05, 4.69) is 30.7 Å². The van der Waals surface area contributed by atoms with E-state index >= 15 is 4.39 Å². The number of amides is 2. The number of aromatic nitrogens is 5. The normalized spacial score (nSPS) is 11.5. The van der Waals surface area contributed by atoms with E-state index in [-0.39, 0.29) is 35.2 Å². The Bertz CT molecular complexity index is 1720. The van der Waals surface area contributed by atoms with Crippen molar-refractivity contribution in [2.45, 2.75) is 32.7 Å². The average Bonchev–Trinajstić information content (AvgIpc) is 3.60. The molecule has 10 nitrogen and oxygen atoms in total. The number of aromatic amines is 1. The molecule has 0 saturated carbocycles. The molecular formula is C28H25ClFN7O3. The predicted octanol–water partition coefficient (Wildman–Crippen LogP) is 5.22. The van der Waals surface area contributed by atoms with E-state index in [0.29, 0.717) is 45.2 Å². The summed E-state index contributed by atoms with van der Waals surface area (Å²) in [5.74, 6) is -0.914. The van der Waals surface area contributed by atoms with Crippen LogP contribution in [0, 0.1) is 5.82 Å². The van der Waals surface area contributed by atoms with Gasteiger partial charge < -0.3 is 20.1 Å². The minimum Gasteiger partial charge on any atom is -0.344 e. The highest BCUT2D eigenvalue weighted by atomic mass is 35.5. The molecule has 0 spiro atoms. The van der Waals surface area contributed by atoms with Gasteiger partial charge in [-0.15, -0.1) is 11.6 Å². The molecule has 5 rings (SSSR count). The van der Waals surface area contributed by atoms with Gasteiger partial charge in [0.15, 0.2) is 11.5 Å². The zero-order valence-electron chi connectivity index (χ0n) is 21.9. The van der Waals surface area contributed by atoms with Crippen LogP contribution in [-0.4, -0.2) is 42.8 Å². The number of benzene rings is 2. The van der Waals surface area contributed by atoms with Crippen molar-refractivity contribution in [2.24, 2.45) is 0 Å².